The molecule has 1 unspecified atom stereocenters. The Kier molecular flexibility index (Phi) is 12.0. The van der Waals surface area contributed by atoms with Crippen molar-refractivity contribution in [1.82, 2.24) is 5.32 Å². The maximum absolute atomic E-state index is 11.6. The van der Waals surface area contributed by atoms with Gasteiger partial charge in [-0.2, -0.15) is 0 Å². The van der Waals surface area contributed by atoms with E-state index in [0.717, 1.165) is 32.0 Å². The predicted octanol–water partition coefficient (Wildman–Crippen LogP) is 3.61. The highest BCUT2D eigenvalue weighted by Crippen LogP contribution is 2.08. The summed E-state index contributed by atoms with van der Waals surface area (Å²) < 4.78 is 0. The maximum Gasteiger partial charge on any atom is 0.220 e. The number of rotatable bonds is 12. The van der Waals surface area contributed by atoms with E-state index in [1.807, 2.05) is 6.92 Å². The molecule has 0 heterocycles. The number of amides is 1. The number of carbonyl (C=O) groups is 2. The average molecular weight is 255 g/mol. The Labute approximate surface area is 112 Å². The molecule has 0 aliphatic carbocycles. The van der Waals surface area contributed by atoms with E-state index in [0.29, 0.717) is 6.42 Å². The topological polar surface area (TPSA) is 46.2 Å². The molecule has 0 aromatic rings. The van der Waals surface area contributed by atoms with Gasteiger partial charge in [-0.05, 0) is 12.8 Å². The lowest BCUT2D eigenvalue weighted by molar-refractivity contribution is -0.124. The number of hydrogen-bond acceptors (Lipinski definition) is 2. The lowest BCUT2D eigenvalue weighted by Gasteiger charge is -2.11. The van der Waals surface area contributed by atoms with Crippen molar-refractivity contribution in [1.29, 1.82) is 0 Å². The summed E-state index contributed by atoms with van der Waals surface area (Å²) in [6.07, 6.45) is 11.5. The van der Waals surface area contributed by atoms with Crippen LogP contribution in [0.3, 0.4) is 0 Å². The minimum atomic E-state index is -0.285. The second kappa shape index (κ2) is 12.6. The molecule has 3 heteroatoms. The van der Waals surface area contributed by atoms with Gasteiger partial charge < -0.3 is 10.1 Å². The maximum atomic E-state index is 11.6. The molecule has 0 aliphatic heterocycles. The van der Waals surface area contributed by atoms with Gasteiger partial charge in [-0.25, -0.2) is 0 Å². The molecule has 0 spiro atoms. The molecule has 0 aromatic heterocycles. The third-order valence-corrected chi connectivity index (χ3v) is 3.12. The molecule has 0 saturated heterocycles. The van der Waals surface area contributed by atoms with Crippen molar-refractivity contribution in [2.45, 2.75) is 84.1 Å². The molecular weight excluding hydrogens is 226 g/mol. The van der Waals surface area contributed by atoms with Crippen LogP contribution in [0.2, 0.25) is 0 Å². The largest absolute Gasteiger partial charge is 0.347 e. The van der Waals surface area contributed by atoms with Crippen molar-refractivity contribution >= 4 is 12.2 Å². The quantitative estimate of drug-likeness (QED) is 0.428. The van der Waals surface area contributed by atoms with Crippen LogP contribution in [-0.4, -0.2) is 18.2 Å². The van der Waals surface area contributed by atoms with Crippen LogP contribution in [0.25, 0.3) is 0 Å². The van der Waals surface area contributed by atoms with Gasteiger partial charge >= 0.3 is 0 Å². The number of nitrogens with one attached hydrogen (secondary N) is 1. The normalized spacial score (nSPS) is 12.1. The molecule has 0 aliphatic rings. The van der Waals surface area contributed by atoms with Crippen LogP contribution >= 0.6 is 0 Å². The Bertz CT molecular complexity index is 217. The minimum absolute atomic E-state index is 0.0223. The van der Waals surface area contributed by atoms with E-state index in [2.05, 4.69) is 12.2 Å². The van der Waals surface area contributed by atoms with E-state index in [4.69, 9.17) is 0 Å². The smallest absolute Gasteiger partial charge is 0.220 e. The van der Waals surface area contributed by atoms with Crippen molar-refractivity contribution in [3.05, 3.63) is 0 Å². The molecule has 106 valence electrons. The fraction of sp³-hybridized carbons (Fsp3) is 0.867. The highest BCUT2D eigenvalue weighted by atomic mass is 16.2. The van der Waals surface area contributed by atoms with Crippen molar-refractivity contribution < 1.29 is 9.59 Å². The molecule has 18 heavy (non-hydrogen) atoms. The van der Waals surface area contributed by atoms with Crippen LogP contribution < -0.4 is 5.32 Å². The number of unbranched alkanes of at least 4 members (excludes halogenated alkanes) is 6. The van der Waals surface area contributed by atoms with Gasteiger partial charge in [-0.15, -0.1) is 0 Å². The van der Waals surface area contributed by atoms with Crippen molar-refractivity contribution in [2.75, 3.05) is 0 Å². The van der Waals surface area contributed by atoms with Gasteiger partial charge in [0.05, 0.1) is 6.04 Å². The van der Waals surface area contributed by atoms with Gasteiger partial charge in [-0.3, -0.25) is 4.79 Å². The van der Waals surface area contributed by atoms with Crippen molar-refractivity contribution in [3.63, 3.8) is 0 Å². The van der Waals surface area contributed by atoms with E-state index >= 15 is 0 Å². The number of aldehydes is 1. The Morgan fingerprint density at radius 1 is 1.00 bits per heavy atom. The third-order valence-electron chi connectivity index (χ3n) is 3.12. The fourth-order valence-corrected chi connectivity index (χ4v) is 2.01. The minimum Gasteiger partial charge on any atom is -0.347 e. The van der Waals surface area contributed by atoms with Gasteiger partial charge in [0.15, 0.2) is 0 Å². The molecule has 0 bridgehead atoms. The van der Waals surface area contributed by atoms with Gasteiger partial charge in [0.2, 0.25) is 5.91 Å². The first-order chi connectivity index (χ1) is 8.74. The molecule has 0 saturated carbocycles. The molecule has 1 N–H and O–H groups in total. The zero-order chi connectivity index (χ0) is 13.6. The standard InChI is InChI=1S/C15H29NO2/c1-3-5-6-7-8-9-10-12-15(18)16-14(13-17)11-4-2/h13-14H,3-12H2,1-2H3,(H,16,18). The van der Waals surface area contributed by atoms with Crippen LogP contribution in [-0.2, 0) is 9.59 Å². The van der Waals surface area contributed by atoms with Gasteiger partial charge in [-0.1, -0.05) is 58.8 Å². The molecular formula is C15H29NO2. The molecule has 0 aromatic carbocycles. The van der Waals surface area contributed by atoms with Gasteiger partial charge in [0.1, 0.15) is 6.29 Å². The van der Waals surface area contributed by atoms with Crippen molar-refractivity contribution in [3.8, 4) is 0 Å². The van der Waals surface area contributed by atoms with E-state index in [1.54, 1.807) is 0 Å². The second-order valence-corrected chi connectivity index (χ2v) is 4.97. The Hall–Kier alpha value is -0.860. The summed E-state index contributed by atoms with van der Waals surface area (Å²) in [5.41, 5.74) is 0. The summed E-state index contributed by atoms with van der Waals surface area (Å²) in [6.45, 7) is 4.23. The van der Waals surface area contributed by atoms with Crippen LogP contribution in [0.15, 0.2) is 0 Å². The SMILES string of the molecule is CCCCCCCCCC(=O)NC(C=O)CCC. The molecule has 3 nitrogen and oxygen atoms in total. The van der Waals surface area contributed by atoms with Crippen LogP contribution in [0.5, 0.6) is 0 Å². The van der Waals surface area contributed by atoms with Crippen molar-refractivity contribution in [2.24, 2.45) is 0 Å². The Morgan fingerprint density at radius 2 is 1.61 bits per heavy atom. The lowest BCUT2D eigenvalue weighted by atomic mass is 10.1. The van der Waals surface area contributed by atoms with Crippen LogP contribution in [0, 0.1) is 0 Å². The van der Waals surface area contributed by atoms with Crippen LogP contribution in [0.4, 0.5) is 0 Å². The lowest BCUT2D eigenvalue weighted by Crippen LogP contribution is -2.35. The molecule has 0 fully saturated rings. The van der Waals surface area contributed by atoms with E-state index < -0.39 is 0 Å². The average Bonchev–Trinajstić information content (AvgIpc) is 2.37. The molecule has 0 radical (unpaired) electrons. The monoisotopic (exact) mass is 255 g/mol. The summed E-state index contributed by atoms with van der Waals surface area (Å²) in [7, 11) is 0. The highest BCUT2D eigenvalue weighted by molar-refractivity contribution is 5.79. The first kappa shape index (κ1) is 17.1. The summed E-state index contributed by atoms with van der Waals surface area (Å²) in [5.74, 6) is 0.0223. The zero-order valence-electron chi connectivity index (χ0n) is 12.0. The first-order valence-electron chi connectivity index (χ1n) is 7.49. The summed E-state index contributed by atoms with van der Waals surface area (Å²) >= 11 is 0. The Morgan fingerprint density at radius 3 is 2.17 bits per heavy atom. The molecule has 0 rings (SSSR count). The predicted molar refractivity (Wildman–Crippen MR) is 75.5 cm³/mol. The van der Waals surface area contributed by atoms with Crippen LogP contribution in [0.1, 0.15) is 78.1 Å². The number of hydrogen-bond donors (Lipinski definition) is 1. The van der Waals surface area contributed by atoms with E-state index in [-0.39, 0.29) is 11.9 Å². The second-order valence-electron chi connectivity index (χ2n) is 4.97. The third kappa shape index (κ3) is 10.3. The van der Waals surface area contributed by atoms with E-state index in [1.165, 1.54) is 32.1 Å². The fourth-order valence-electron chi connectivity index (χ4n) is 2.01. The summed E-state index contributed by atoms with van der Waals surface area (Å²) in [6, 6.07) is -0.285. The molecule has 1 atom stereocenters. The zero-order valence-corrected chi connectivity index (χ0v) is 12.0. The highest BCUT2D eigenvalue weighted by Gasteiger charge is 2.09. The Balaban J connectivity index is 3.43. The van der Waals surface area contributed by atoms with E-state index in [9.17, 15) is 9.59 Å². The summed E-state index contributed by atoms with van der Waals surface area (Å²) in [5, 5.41) is 2.77. The van der Waals surface area contributed by atoms with Gasteiger partial charge in [0, 0.05) is 6.42 Å². The summed E-state index contributed by atoms with van der Waals surface area (Å²) in [4.78, 5) is 22.2. The molecule has 1 amide bonds. The first-order valence-corrected chi connectivity index (χ1v) is 7.49. The van der Waals surface area contributed by atoms with Gasteiger partial charge in [0.25, 0.3) is 0 Å². The number of carbonyl (C=O) groups excluding carboxylic acids is 2.